The second kappa shape index (κ2) is 24.0. The average molecular weight is 914 g/mol. The first-order chi connectivity index (χ1) is 31.1. The van der Waals surface area contributed by atoms with E-state index < -0.39 is 77.8 Å². The number of halogens is 1. The molecule has 5 rings (SSSR count). The number of rotatable bonds is 13. The lowest BCUT2D eigenvalue weighted by molar-refractivity contribution is -0.139. The van der Waals surface area contributed by atoms with E-state index in [1.54, 1.807) is 48.7 Å². The fourth-order valence-electron chi connectivity index (χ4n) is 7.80. The smallest absolute Gasteiger partial charge is 0.326 e. The van der Waals surface area contributed by atoms with Gasteiger partial charge in [-0.05, 0) is 72.8 Å². The maximum atomic E-state index is 14.4. The standard InChI is InChI=1S/C48H61ClN8O8/c1-28(2)21-37-44(60)53-38(22-29(3)4)45(61)55-40(25-32-27-51-36-26-33(49)18-19-34(32)36)46(62)54-39(23-30-13-7-5-8-14-30)42(58)50-20-12-11-17-35(43(59)52-37)56-48(65)57-41(47(63)64)24-31-15-9-6-10-16-31/h5-10,13-16,18-19,26-29,35,37-41,51H,11-12,17,20-25H2,1-4H3,(H,50,58)(H,52,59)(H,53,60)(H,54,62)(H,55,61)(H,63,64)(H2,56,57,65)/t35-,37-,38-,39-,40-,41-/m1/s1. The molecule has 4 aromatic rings. The van der Waals surface area contributed by atoms with Crippen molar-refractivity contribution < 1.29 is 38.7 Å². The van der Waals surface area contributed by atoms with Crippen LogP contribution in [0.5, 0.6) is 0 Å². The molecule has 1 aliphatic rings. The Labute approximate surface area is 384 Å². The summed E-state index contributed by atoms with van der Waals surface area (Å²) in [6, 6.07) is 15.3. The Morgan fingerprint density at radius 2 is 1.25 bits per heavy atom. The average Bonchev–Trinajstić information content (AvgIpc) is 3.65. The van der Waals surface area contributed by atoms with E-state index >= 15 is 0 Å². The lowest BCUT2D eigenvalue weighted by atomic mass is 9.98. The summed E-state index contributed by atoms with van der Waals surface area (Å²) < 4.78 is 0. The molecule has 0 spiro atoms. The number of amides is 7. The molecule has 17 heteroatoms. The van der Waals surface area contributed by atoms with E-state index in [1.165, 1.54) is 0 Å². The van der Waals surface area contributed by atoms with Crippen molar-refractivity contribution in [2.24, 2.45) is 11.8 Å². The van der Waals surface area contributed by atoms with Gasteiger partial charge in [0.25, 0.3) is 0 Å². The number of benzene rings is 3. The number of hydrogen-bond acceptors (Lipinski definition) is 7. The monoisotopic (exact) mass is 912 g/mol. The van der Waals surface area contributed by atoms with Crippen LogP contribution in [0.4, 0.5) is 4.79 Å². The van der Waals surface area contributed by atoms with Gasteiger partial charge >= 0.3 is 12.0 Å². The van der Waals surface area contributed by atoms with Gasteiger partial charge in [0.15, 0.2) is 0 Å². The Kier molecular flexibility index (Phi) is 18.3. The van der Waals surface area contributed by atoms with Crippen LogP contribution in [0.1, 0.15) is 76.5 Å². The Hall–Kier alpha value is -6.42. The minimum Gasteiger partial charge on any atom is -0.480 e. The van der Waals surface area contributed by atoms with E-state index in [1.807, 2.05) is 64.1 Å². The fourth-order valence-corrected chi connectivity index (χ4v) is 7.97. The number of nitrogens with one attached hydrogen (secondary N) is 8. The first-order valence-electron chi connectivity index (χ1n) is 22.2. The van der Waals surface area contributed by atoms with E-state index in [4.69, 9.17) is 11.6 Å². The van der Waals surface area contributed by atoms with Gasteiger partial charge in [0.1, 0.15) is 36.3 Å². The maximum absolute atomic E-state index is 14.4. The van der Waals surface area contributed by atoms with E-state index in [-0.39, 0.29) is 56.9 Å². The molecule has 0 radical (unpaired) electrons. The molecule has 0 aliphatic carbocycles. The van der Waals surface area contributed by atoms with Crippen LogP contribution in [0, 0.1) is 11.8 Å². The number of carboxylic acid groups (broad SMARTS) is 1. The quantitative estimate of drug-likeness (QED) is 0.0935. The highest BCUT2D eigenvalue weighted by Gasteiger charge is 2.34. The van der Waals surface area contributed by atoms with Gasteiger partial charge in [-0.2, -0.15) is 0 Å². The zero-order chi connectivity index (χ0) is 47.0. The normalized spacial score (nSPS) is 21.2. The molecular weight excluding hydrogens is 852 g/mol. The Morgan fingerprint density at radius 1 is 0.692 bits per heavy atom. The van der Waals surface area contributed by atoms with Crippen molar-refractivity contribution in [3.05, 3.63) is 107 Å². The van der Waals surface area contributed by atoms with E-state index in [2.05, 4.69) is 42.2 Å². The Bertz CT molecular complexity index is 2270. The summed E-state index contributed by atoms with van der Waals surface area (Å²) in [6.07, 6.45) is 2.97. The highest BCUT2D eigenvalue weighted by atomic mass is 35.5. The summed E-state index contributed by atoms with van der Waals surface area (Å²) in [7, 11) is 0. The van der Waals surface area contributed by atoms with Gasteiger partial charge in [-0.25, -0.2) is 9.59 Å². The summed E-state index contributed by atoms with van der Waals surface area (Å²) in [4.78, 5) is 99.8. The molecule has 1 fully saturated rings. The van der Waals surface area contributed by atoms with Crippen LogP contribution in [0.15, 0.2) is 85.1 Å². The van der Waals surface area contributed by atoms with Crippen LogP contribution in [0.25, 0.3) is 10.9 Å². The van der Waals surface area contributed by atoms with Crippen molar-refractivity contribution in [3.8, 4) is 0 Å². The maximum Gasteiger partial charge on any atom is 0.326 e. The third kappa shape index (κ3) is 15.4. The van der Waals surface area contributed by atoms with Gasteiger partial charge in [-0.15, -0.1) is 0 Å². The predicted octanol–water partition coefficient (Wildman–Crippen LogP) is 4.30. The van der Waals surface area contributed by atoms with E-state index in [0.29, 0.717) is 29.0 Å². The van der Waals surface area contributed by atoms with Gasteiger partial charge in [0, 0.05) is 47.9 Å². The molecular formula is C48H61ClN8O8. The third-order valence-electron chi connectivity index (χ3n) is 11.1. The highest BCUT2D eigenvalue weighted by Crippen LogP contribution is 2.23. The van der Waals surface area contributed by atoms with Crippen LogP contribution in [-0.4, -0.2) is 94.4 Å². The first-order valence-corrected chi connectivity index (χ1v) is 22.6. The zero-order valence-electron chi connectivity index (χ0n) is 37.2. The van der Waals surface area contributed by atoms with Crippen LogP contribution in [-0.2, 0) is 48.0 Å². The molecule has 2 heterocycles. The Balaban J connectivity index is 1.46. The van der Waals surface area contributed by atoms with Gasteiger partial charge in [0.05, 0.1) is 0 Å². The summed E-state index contributed by atoms with van der Waals surface area (Å²) in [5.74, 6) is -4.54. The van der Waals surface area contributed by atoms with Crippen molar-refractivity contribution in [1.82, 2.24) is 42.2 Å². The number of aliphatic carboxylic acids is 1. The molecule has 348 valence electrons. The predicted molar refractivity (Wildman–Crippen MR) is 248 cm³/mol. The van der Waals surface area contributed by atoms with Crippen LogP contribution < -0.4 is 37.2 Å². The van der Waals surface area contributed by atoms with Crippen molar-refractivity contribution in [2.45, 2.75) is 115 Å². The van der Waals surface area contributed by atoms with Crippen molar-refractivity contribution in [3.63, 3.8) is 0 Å². The van der Waals surface area contributed by atoms with Gasteiger partial charge in [-0.3, -0.25) is 24.0 Å². The minimum atomic E-state index is -1.31. The van der Waals surface area contributed by atoms with Crippen LogP contribution in [0.3, 0.4) is 0 Å². The lowest BCUT2D eigenvalue weighted by Crippen LogP contribution is -2.60. The number of hydrogen-bond donors (Lipinski definition) is 9. The molecule has 1 saturated heterocycles. The molecule has 0 saturated carbocycles. The molecule has 0 bridgehead atoms. The number of urea groups is 1. The molecule has 65 heavy (non-hydrogen) atoms. The molecule has 1 aliphatic heterocycles. The molecule has 9 N–H and O–H groups in total. The second-order valence-corrected chi connectivity index (χ2v) is 17.9. The minimum absolute atomic E-state index is 0.00721. The number of aromatic nitrogens is 1. The Morgan fingerprint density at radius 3 is 1.85 bits per heavy atom. The molecule has 1 aromatic heterocycles. The first kappa shape index (κ1) is 49.6. The highest BCUT2D eigenvalue weighted by molar-refractivity contribution is 6.31. The summed E-state index contributed by atoms with van der Waals surface area (Å²) >= 11 is 6.25. The van der Waals surface area contributed by atoms with Gasteiger partial charge in [0.2, 0.25) is 29.5 Å². The van der Waals surface area contributed by atoms with Crippen LogP contribution in [0.2, 0.25) is 5.02 Å². The number of fused-ring (bicyclic) bond motifs is 1. The zero-order valence-corrected chi connectivity index (χ0v) is 38.0. The van der Waals surface area contributed by atoms with E-state index in [0.717, 1.165) is 16.5 Å². The molecule has 6 atom stereocenters. The van der Waals surface area contributed by atoms with Crippen LogP contribution >= 0.6 is 11.6 Å². The van der Waals surface area contributed by atoms with E-state index in [9.17, 15) is 38.7 Å². The second-order valence-electron chi connectivity index (χ2n) is 17.4. The van der Waals surface area contributed by atoms with Crippen molar-refractivity contribution >= 4 is 64.0 Å². The number of H-pyrrole nitrogens is 1. The van der Waals surface area contributed by atoms with Gasteiger partial charge < -0.3 is 47.3 Å². The number of carbonyl (C=O) groups excluding carboxylic acids is 6. The topological polar surface area (TPSA) is 240 Å². The summed E-state index contributed by atoms with van der Waals surface area (Å²) in [6.45, 7) is 7.65. The summed E-state index contributed by atoms with van der Waals surface area (Å²) in [5.41, 5.74) is 2.89. The number of carbonyl (C=O) groups is 7. The number of carboxylic acids is 1. The fraction of sp³-hybridized carbons (Fsp3) is 0.438. The SMILES string of the molecule is CC(C)C[C@H]1NC(=O)[C@H](NC(=O)N[C@H](Cc2ccccc2)C(=O)O)CCCCNC(=O)[C@@H](Cc2ccccc2)NC(=O)[C@@H](Cc2c[nH]c3cc(Cl)ccc23)NC(=O)[C@@H](CC(C)C)NC1=O. The molecule has 0 unspecified atom stereocenters. The van der Waals surface area contributed by atoms with Gasteiger partial charge in [-0.1, -0.05) is 106 Å². The third-order valence-corrected chi connectivity index (χ3v) is 11.3. The largest absolute Gasteiger partial charge is 0.480 e. The summed E-state index contributed by atoms with van der Waals surface area (Å²) in [5, 5.41) is 30.6. The number of aromatic amines is 1. The lowest BCUT2D eigenvalue weighted by Gasteiger charge is -2.28. The molecule has 7 amide bonds. The molecule has 3 aromatic carbocycles. The van der Waals surface area contributed by atoms with Crippen molar-refractivity contribution in [2.75, 3.05) is 6.54 Å². The molecule has 16 nitrogen and oxygen atoms in total. The van der Waals surface area contributed by atoms with Crippen molar-refractivity contribution in [1.29, 1.82) is 0 Å².